The molecule has 0 radical (unpaired) electrons. The second kappa shape index (κ2) is 9.25. The largest absolute Gasteiger partial charge is 0.494 e. The minimum atomic E-state index is -0.801. The maximum Gasteiger partial charge on any atom is 0.303 e. The normalized spacial score (nSPS) is 10.1. The number of thioether (sulfide) groups is 1. The molecule has 20 heavy (non-hydrogen) atoms. The van der Waals surface area contributed by atoms with E-state index >= 15 is 0 Å². The number of carboxylic acids is 1. The maximum atomic E-state index is 11.6. The average Bonchev–Trinajstić information content (AvgIpc) is 2.40. The Hall–Kier alpha value is -1.69. The number of ether oxygens (including phenoxy) is 1. The molecule has 0 saturated carbocycles. The van der Waals surface area contributed by atoms with Crippen molar-refractivity contribution in [1.29, 1.82) is 0 Å². The SMILES string of the molecule is CCOc1ccc(NC(=O)CSCCCC(=O)O)cc1. The van der Waals surface area contributed by atoms with Crippen LogP contribution in [-0.2, 0) is 9.59 Å². The van der Waals surface area contributed by atoms with Crippen molar-refractivity contribution in [3.8, 4) is 5.75 Å². The van der Waals surface area contributed by atoms with Crippen molar-refractivity contribution >= 4 is 29.3 Å². The summed E-state index contributed by atoms with van der Waals surface area (Å²) >= 11 is 1.43. The number of carbonyl (C=O) groups excluding carboxylic acids is 1. The molecule has 0 bridgehead atoms. The van der Waals surface area contributed by atoms with E-state index in [4.69, 9.17) is 9.84 Å². The molecule has 0 unspecified atom stereocenters. The molecule has 2 N–H and O–H groups in total. The molecule has 0 atom stereocenters. The lowest BCUT2D eigenvalue weighted by Gasteiger charge is -2.07. The fourth-order valence-corrected chi connectivity index (χ4v) is 2.24. The molecule has 0 fully saturated rings. The Labute approximate surface area is 122 Å². The molecule has 1 rings (SSSR count). The van der Waals surface area contributed by atoms with Gasteiger partial charge in [0.15, 0.2) is 0 Å². The van der Waals surface area contributed by atoms with E-state index in [1.807, 2.05) is 6.92 Å². The average molecular weight is 297 g/mol. The lowest BCUT2D eigenvalue weighted by atomic mass is 10.3. The molecule has 0 saturated heterocycles. The summed E-state index contributed by atoms with van der Waals surface area (Å²) in [5.41, 5.74) is 0.726. The summed E-state index contributed by atoms with van der Waals surface area (Å²) in [7, 11) is 0. The molecule has 110 valence electrons. The summed E-state index contributed by atoms with van der Waals surface area (Å²) in [5, 5.41) is 11.3. The smallest absolute Gasteiger partial charge is 0.303 e. The first-order chi connectivity index (χ1) is 9.61. The van der Waals surface area contributed by atoms with E-state index in [1.54, 1.807) is 24.3 Å². The van der Waals surface area contributed by atoms with Crippen LogP contribution in [-0.4, -0.2) is 35.1 Å². The molecular weight excluding hydrogens is 278 g/mol. The van der Waals surface area contributed by atoms with Gasteiger partial charge >= 0.3 is 5.97 Å². The van der Waals surface area contributed by atoms with Crippen LogP contribution in [0.1, 0.15) is 19.8 Å². The van der Waals surface area contributed by atoms with Crippen LogP contribution in [0.3, 0.4) is 0 Å². The van der Waals surface area contributed by atoms with Crippen LogP contribution in [0.2, 0.25) is 0 Å². The Morgan fingerprint density at radius 3 is 2.60 bits per heavy atom. The molecule has 0 aliphatic rings. The topological polar surface area (TPSA) is 75.6 Å². The molecule has 0 aromatic heterocycles. The van der Waals surface area contributed by atoms with Crippen molar-refractivity contribution in [2.24, 2.45) is 0 Å². The van der Waals surface area contributed by atoms with Crippen molar-refractivity contribution in [2.75, 3.05) is 23.4 Å². The predicted molar refractivity (Wildman–Crippen MR) is 80.4 cm³/mol. The zero-order chi connectivity index (χ0) is 14.8. The Bertz CT molecular complexity index is 433. The molecule has 0 aliphatic heterocycles. The third-order valence-electron chi connectivity index (χ3n) is 2.36. The van der Waals surface area contributed by atoms with Crippen LogP contribution in [0.4, 0.5) is 5.69 Å². The highest BCUT2D eigenvalue weighted by atomic mass is 32.2. The van der Waals surface area contributed by atoms with Gasteiger partial charge < -0.3 is 15.2 Å². The summed E-state index contributed by atoms with van der Waals surface area (Å²) in [6.45, 7) is 2.52. The number of rotatable bonds is 9. The minimum absolute atomic E-state index is 0.0884. The monoisotopic (exact) mass is 297 g/mol. The van der Waals surface area contributed by atoms with E-state index in [-0.39, 0.29) is 12.3 Å². The van der Waals surface area contributed by atoms with Gasteiger partial charge in [-0.1, -0.05) is 0 Å². The van der Waals surface area contributed by atoms with Gasteiger partial charge in [0.1, 0.15) is 5.75 Å². The second-order valence-corrected chi connectivity index (χ2v) is 5.16. The number of carbonyl (C=O) groups is 2. The first-order valence-electron chi connectivity index (χ1n) is 6.44. The first kappa shape index (κ1) is 16.4. The molecule has 0 aliphatic carbocycles. The molecule has 6 heteroatoms. The van der Waals surface area contributed by atoms with Crippen LogP contribution < -0.4 is 10.1 Å². The lowest BCUT2D eigenvalue weighted by Crippen LogP contribution is -2.14. The number of anilines is 1. The van der Waals surface area contributed by atoms with E-state index in [9.17, 15) is 9.59 Å². The van der Waals surface area contributed by atoms with Crippen LogP contribution in [0, 0.1) is 0 Å². The van der Waals surface area contributed by atoms with Gasteiger partial charge in [0.25, 0.3) is 0 Å². The number of carboxylic acid groups (broad SMARTS) is 1. The Morgan fingerprint density at radius 1 is 1.30 bits per heavy atom. The number of nitrogens with one attached hydrogen (secondary N) is 1. The molecule has 1 amide bonds. The van der Waals surface area contributed by atoms with E-state index in [1.165, 1.54) is 11.8 Å². The fraction of sp³-hybridized carbons (Fsp3) is 0.429. The van der Waals surface area contributed by atoms with Crippen LogP contribution >= 0.6 is 11.8 Å². The number of hydrogen-bond acceptors (Lipinski definition) is 4. The van der Waals surface area contributed by atoms with E-state index < -0.39 is 5.97 Å². The maximum absolute atomic E-state index is 11.6. The standard InChI is InChI=1S/C14H19NO4S/c1-2-19-12-7-5-11(6-8-12)15-13(16)10-20-9-3-4-14(17)18/h5-8H,2-4,9-10H2,1H3,(H,15,16)(H,17,18). The molecule has 1 aromatic rings. The third kappa shape index (κ3) is 7.04. The van der Waals surface area contributed by atoms with Gasteiger partial charge in [-0.25, -0.2) is 0 Å². The van der Waals surface area contributed by atoms with Gasteiger partial charge in [0.2, 0.25) is 5.91 Å². The van der Waals surface area contributed by atoms with Crippen molar-refractivity contribution in [1.82, 2.24) is 0 Å². The Morgan fingerprint density at radius 2 is 2.00 bits per heavy atom. The highest BCUT2D eigenvalue weighted by Crippen LogP contribution is 2.16. The fourth-order valence-electron chi connectivity index (χ4n) is 1.49. The quantitative estimate of drug-likeness (QED) is 0.685. The van der Waals surface area contributed by atoms with Crippen LogP contribution in [0.15, 0.2) is 24.3 Å². The summed E-state index contributed by atoms with van der Waals surface area (Å²) in [6, 6.07) is 7.19. The Kier molecular flexibility index (Phi) is 7.57. The molecule has 0 heterocycles. The number of aliphatic carboxylic acids is 1. The number of amides is 1. The van der Waals surface area contributed by atoms with Gasteiger partial charge in [-0.3, -0.25) is 9.59 Å². The van der Waals surface area contributed by atoms with Gasteiger partial charge in [-0.2, -0.15) is 11.8 Å². The third-order valence-corrected chi connectivity index (χ3v) is 3.41. The van der Waals surface area contributed by atoms with E-state index in [2.05, 4.69) is 5.32 Å². The van der Waals surface area contributed by atoms with E-state index in [0.29, 0.717) is 24.5 Å². The van der Waals surface area contributed by atoms with Gasteiger partial charge in [0.05, 0.1) is 12.4 Å². The predicted octanol–water partition coefficient (Wildman–Crippen LogP) is 2.62. The van der Waals surface area contributed by atoms with Gasteiger partial charge in [-0.15, -0.1) is 0 Å². The lowest BCUT2D eigenvalue weighted by molar-refractivity contribution is -0.137. The van der Waals surface area contributed by atoms with E-state index in [0.717, 1.165) is 11.4 Å². The van der Waals surface area contributed by atoms with Crippen LogP contribution in [0.25, 0.3) is 0 Å². The molecule has 0 spiro atoms. The zero-order valence-electron chi connectivity index (χ0n) is 11.4. The molecule has 5 nitrogen and oxygen atoms in total. The zero-order valence-corrected chi connectivity index (χ0v) is 12.2. The van der Waals surface area contributed by atoms with Crippen molar-refractivity contribution in [2.45, 2.75) is 19.8 Å². The number of benzene rings is 1. The second-order valence-electron chi connectivity index (χ2n) is 4.06. The van der Waals surface area contributed by atoms with Crippen molar-refractivity contribution in [3.63, 3.8) is 0 Å². The first-order valence-corrected chi connectivity index (χ1v) is 7.59. The summed E-state index contributed by atoms with van der Waals surface area (Å²) in [6.07, 6.45) is 0.726. The van der Waals surface area contributed by atoms with Crippen LogP contribution in [0.5, 0.6) is 5.75 Å². The van der Waals surface area contributed by atoms with Crippen molar-refractivity contribution < 1.29 is 19.4 Å². The number of hydrogen-bond donors (Lipinski definition) is 2. The summed E-state index contributed by atoms with van der Waals surface area (Å²) in [4.78, 5) is 22.0. The minimum Gasteiger partial charge on any atom is -0.494 e. The van der Waals surface area contributed by atoms with Gasteiger partial charge in [0, 0.05) is 12.1 Å². The highest BCUT2D eigenvalue weighted by Gasteiger charge is 2.03. The molecular formula is C14H19NO4S. The molecule has 1 aromatic carbocycles. The van der Waals surface area contributed by atoms with Crippen molar-refractivity contribution in [3.05, 3.63) is 24.3 Å². The Balaban J connectivity index is 2.22. The highest BCUT2D eigenvalue weighted by molar-refractivity contribution is 7.99. The summed E-state index contributed by atoms with van der Waals surface area (Å²) < 4.78 is 5.31. The summed E-state index contributed by atoms with van der Waals surface area (Å²) in [5.74, 6) is 0.878. The van der Waals surface area contributed by atoms with Gasteiger partial charge in [-0.05, 0) is 43.4 Å².